The lowest BCUT2D eigenvalue weighted by atomic mass is 10.1. The van der Waals surface area contributed by atoms with Crippen LogP contribution in [-0.2, 0) is 16.6 Å². The molecule has 0 saturated carbocycles. The predicted octanol–water partition coefficient (Wildman–Crippen LogP) is 4.76. The van der Waals surface area contributed by atoms with Crippen LogP contribution >= 0.6 is 0 Å². The van der Waals surface area contributed by atoms with Crippen molar-refractivity contribution in [3.63, 3.8) is 0 Å². The Labute approximate surface area is 233 Å². The third kappa shape index (κ3) is 6.83. The van der Waals surface area contributed by atoms with Gasteiger partial charge in [-0.1, -0.05) is 42.5 Å². The average molecular weight is 555 g/mol. The largest absolute Gasteiger partial charge is 0.497 e. The van der Waals surface area contributed by atoms with Crippen LogP contribution in [0, 0.1) is 11.3 Å². The van der Waals surface area contributed by atoms with Crippen molar-refractivity contribution in [1.82, 2.24) is 5.43 Å². The van der Waals surface area contributed by atoms with Crippen LogP contribution in [0.1, 0.15) is 21.5 Å². The van der Waals surface area contributed by atoms with E-state index in [1.54, 1.807) is 60.7 Å². The van der Waals surface area contributed by atoms with Crippen molar-refractivity contribution < 1.29 is 22.7 Å². The number of hydrogen-bond donors (Lipinski definition) is 1. The Kier molecular flexibility index (Phi) is 9.12. The predicted molar refractivity (Wildman–Crippen MR) is 152 cm³/mol. The quantitative estimate of drug-likeness (QED) is 0.211. The average Bonchev–Trinajstić information content (AvgIpc) is 3.00. The Balaban J connectivity index is 1.62. The highest BCUT2D eigenvalue weighted by atomic mass is 32.2. The summed E-state index contributed by atoms with van der Waals surface area (Å²) < 4.78 is 39.4. The van der Waals surface area contributed by atoms with E-state index in [1.165, 1.54) is 29.8 Å². The Morgan fingerprint density at radius 3 is 2.25 bits per heavy atom. The van der Waals surface area contributed by atoms with Crippen LogP contribution in [0.5, 0.6) is 11.5 Å². The van der Waals surface area contributed by atoms with Gasteiger partial charge in [0.25, 0.3) is 15.9 Å². The lowest BCUT2D eigenvalue weighted by molar-refractivity contribution is 0.0955. The topological polar surface area (TPSA) is 121 Å². The summed E-state index contributed by atoms with van der Waals surface area (Å²) >= 11 is 0. The first kappa shape index (κ1) is 27.9. The van der Waals surface area contributed by atoms with Crippen molar-refractivity contribution in [2.75, 3.05) is 18.0 Å². The van der Waals surface area contributed by atoms with Gasteiger partial charge in [-0.25, -0.2) is 13.8 Å². The van der Waals surface area contributed by atoms with Crippen molar-refractivity contribution in [1.29, 1.82) is 5.26 Å². The van der Waals surface area contributed by atoms with Gasteiger partial charge in [-0.2, -0.15) is 10.4 Å². The Bertz CT molecular complexity index is 1620. The third-order valence-corrected chi connectivity index (χ3v) is 7.57. The molecule has 0 aliphatic rings. The van der Waals surface area contributed by atoms with Gasteiger partial charge in [0.2, 0.25) is 0 Å². The molecule has 1 amide bonds. The van der Waals surface area contributed by atoms with Crippen LogP contribution in [0.25, 0.3) is 0 Å². The van der Waals surface area contributed by atoms with E-state index in [9.17, 15) is 13.2 Å². The molecule has 0 aliphatic carbocycles. The maximum atomic E-state index is 13.9. The molecule has 4 rings (SSSR count). The zero-order chi connectivity index (χ0) is 28.4. The summed E-state index contributed by atoms with van der Waals surface area (Å²) in [7, 11) is -2.58. The molecular weight excluding hydrogens is 528 g/mol. The first-order chi connectivity index (χ1) is 19.4. The summed E-state index contributed by atoms with van der Waals surface area (Å²) in [6.07, 6.45) is 1.45. The molecular formula is C30H26N4O5S. The molecule has 4 aromatic rings. The van der Waals surface area contributed by atoms with Crippen LogP contribution in [0.4, 0.5) is 5.69 Å². The number of nitrogens with zero attached hydrogens (tertiary/aromatic N) is 3. The maximum Gasteiger partial charge on any atom is 0.273 e. The fourth-order valence-electron chi connectivity index (χ4n) is 3.80. The van der Waals surface area contributed by atoms with Gasteiger partial charge in [0.05, 0.1) is 36.0 Å². The number of hydrazone groups is 1. The summed E-state index contributed by atoms with van der Waals surface area (Å²) in [5.41, 5.74) is 4.25. The number of ether oxygens (including phenoxy) is 2. The van der Waals surface area contributed by atoms with E-state index in [-0.39, 0.29) is 29.3 Å². The molecule has 0 heterocycles. The highest BCUT2D eigenvalue weighted by Gasteiger charge is 2.28. The third-order valence-electron chi connectivity index (χ3n) is 5.80. The number of anilines is 1. The van der Waals surface area contributed by atoms with Gasteiger partial charge in [0.15, 0.2) is 6.61 Å². The zero-order valence-electron chi connectivity index (χ0n) is 21.6. The molecule has 10 heteroatoms. The standard InChI is InChI=1S/C30H26N4O5S/c1-38-25-15-17-27(18-16-25)40(36,37)34(22-24-7-3-2-4-8-24)29-10-6-5-9-28(29)30(35)33-32-21-23-11-13-26(14-12-23)39-20-19-31/h2-18,21H,20,22H2,1H3,(H,33,35)/b32-21-. The summed E-state index contributed by atoms with van der Waals surface area (Å²) in [5, 5.41) is 12.7. The van der Waals surface area contributed by atoms with Crippen LogP contribution in [0.3, 0.4) is 0 Å². The SMILES string of the molecule is COc1ccc(S(=O)(=O)N(Cc2ccccc2)c2ccccc2C(=O)N/N=C\c2ccc(OCC#N)cc2)cc1. The minimum Gasteiger partial charge on any atom is -0.497 e. The van der Waals surface area contributed by atoms with Crippen LogP contribution in [-0.4, -0.2) is 34.3 Å². The van der Waals surface area contributed by atoms with Crippen molar-refractivity contribution >= 4 is 27.8 Å². The number of benzene rings is 4. The van der Waals surface area contributed by atoms with Crippen LogP contribution in [0.2, 0.25) is 0 Å². The smallest absolute Gasteiger partial charge is 0.273 e. The minimum absolute atomic E-state index is 0.00296. The van der Waals surface area contributed by atoms with Crippen LogP contribution in [0.15, 0.2) is 113 Å². The molecule has 0 aromatic heterocycles. The van der Waals surface area contributed by atoms with Crippen molar-refractivity contribution in [2.45, 2.75) is 11.4 Å². The summed E-state index contributed by atoms with van der Waals surface area (Å²) in [6, 6.07) is 30.4. The second-order valence-electron chi connectivity index (χ2n) is 8.40. The molecule has 0 atom stereocenters. The van der Waals surface area contributed by atoms with E-state index >= 15 is 0 Å². The van der Waals surface area contributed by atoms with Crippen molar-refractivity contribution in [2.24, 2.45) is 5.10 Å². The van der Waals surface area contributed by atoms with Gasteiger partial charge < -0.3 is 9.47 Å². The highest BCUT2D eigenvalue weighted by Crippen LogP contribution is 2.30. The molecule has 1 N–H and O–H groups in total. The number of sulfonamides is 1. The number of nitriles is 1. The molecule has 4 aromatic carbocycles. The monoisotopic (exact) mass is 554 g/mol. The van der Waals surface area contributed by atoms with Gasteiger partial charge >= 0.3 is 0 Å². The van der Waals surface area contributed by atoms with E-state index < -0.39 is 15.9 Å². The molecule has 40 heavy (non-hydrogen) atoms. The lowest BCUT2D eigenvalue weighted by Gasteiger charge is -2.26. The fourth-order valence-corrected chi connectivity index (χ4v) is 5.27. The minimum atomic E-state index is -4.08. The number of nitrogens with one attached hydrogen (secondary N) is 1. The van der Waals surface area contributed by atoms with E-state index in [0.29, 0.717) is 17.1 Å². The number of para-hydroxylation sites is 1. The van der Waals surface area contributed by atoms with E-state index in [2.05, 4.69) is 10.5 Å². The number of amides is 1. The van der Waals surface area contributed by atoms with Gasteiger partial charge in [0, 0.05) is 0 Å². The van der Waals surface area contributed by atoms with Crippen molar-refractivity contribution in [3.8, 4) is 17.6 Å². The maximum absolute atomic E-state index is 13.9. The number of carbonyl (C=O) groups is 1. The van der Waals surface area contributed by atoms with Crippen molar-refractivity contribution in [3.05, 3.63) is 120 Å². The van der Waals surface area contributed by atoms with Gasteiger partial charge in [0.1, 0.15) is 17.6 Å². The Morgan fingerprint density at radius 2 is 1.57 bits per heavy atom. The zero-order valence-corrected chi connectivity index (χ0v) is 22.4. The summed E-state index contributed by atoms with van der Waals surface area (Å²) in [4.78, 5) is 13.3. The van der Waals surface area contributed by atoms with E-state index in [0.717, 1.165) is 5.56 Å². The first-order valence-corrected chi connectivity index (χ1v) is 13.6. The molecule has 0 unspecified atom stereocenters. The van der Waals surface area contributed by atoms with Crippen LogP contribution < -0.4 is 19.2 Å². The molecule has 0 radical (unpaired) electrons. The highest BCUT2D eigenvalue weighted by molar-refractivity contribution is 7.92. The molecule has 0 spiro atoms. The molecule has 202 valence electrons. The Hall–Kier alpha value is -5.14. The molecule has 0 aliphatic heterocycles. The second-order valence-corrected chi connectivity index (χ2v) is 10.3. The normalized spacial score (nSPS) is 11.0. The molecule has 9 nitrogen and oxygen atoms in total. The molecule has 0 bridgehead atoms. The van der Waals surface area contributed by atoms with E-state index in [1.807, 2.05) is 36.4 Å². The molecule has 0 saturated heterocycles. The number of methoxy groups -OCH3 is 1. The summed E-state index contributed by atoms with van der Waals surface area (Å²) in [6.45, 7) is -0.0542. The van der Waals surface area contributed by atoms with Gasteiger partial charge in [-0.05, 0) is 71.8 Å². The second kappa shape index (κ2) is 13.1. The van der Waals surface area contributed by atoms with Gasteiger partial charge in [-0.3, -0.25) is 9.10 Å². The first-order valence-electron chi connectivity index (χ1n) is 12.2. The van der Waals surface area contributed by atoms with E-state index in [4.69, 9.17) is 14.7 Å². The number of carbonyl (C=O) groups excluding carboxylic acids is 1. The summed E-state index contributed by atoms with van der Waals surface area (Å²) in [5.74, 6) is 0.479. The molecule has 0 fully saturated rings. The Morgan fingerprint density at radius 1 is 0.925 bits per heavy atom. The fraction of sp³-hybridized carbons (Fsp3) is 0.100. The number of rotatable bonds is 11. The number of hydrogen-bond acceptors (Lipinski definition) is 7. The lowest BCUT2D eigenvalue weighted by Crippen LogP contribution is -2.33. The van der Waals surface area contributed by atoms with Gasteiger partial charge in [-0.15, -0.1) is 0 Å².